The zero-order chi connectivity index (χ0) is 21.8. The van der Waals surface area contributed by atoms with E-state index in [0.29, 0.717) is 17.5 Å². The lowest BCUT2D eigenvalue weighted by molar-refractivity contribution is -0.138. The highest BCUT2D eigenvalue weighted by Crippen LogP contribution is 2.27. The standard InChI is InChI=1S/C23H28N4O3S/c1-16-7-5-8-17(2)27(16)22(29)14-26-20-11-4-3-10-19(20)25-23(26)31-15-21(28)24-13-18-9-6-12-30-18/h3-4,6,9-12,16-17H,5,7-8,13-15H2,1-2H3,(H,24,28). The van der Waals surface area contributed by atoms with Crippen molar-refractivity contribution in [2.24, 2.45) is 0 Å². The first-order chi connectivity index (χ1) is 15.0. The molecule has 0 spiro atoms. The number of rotatable bonds is 7. The maximum absolute atomic E-state index is 13.2. The number of carbonyl (C=O) groups excluding carboxylic acids is 2. The van der Waals surface area contributed by atoms with E-state index in [-0.39, 0.29) is 36.2 Å². The van der Waals surface area contributed by atoms with Crippen molar-refractivity contribution in [3.8, 4) is 0 Å². The summed E-state index contributed by atoms with van der Waals surface area (Å²) in [4.78, 5) is 32.2. The molecule has 2 amide bonds. The first-order valence-electron chi connectivity index (χ1n) is 10.7. The number of fused-ring (bicyclic) bond motifs is 1. The van der Waals surface area contributed by atoms with Crippen LogP contribution in [0.2, 0.25) is 0 Å². The van der Waals surface area contributed by atoms with Gasteiger partial charge in [-0.05, 0) is 57.4 Å². The third kappa shape index (κ3) is 4.95. The van der Waals surface area contributed by atoms with Gasteiger partial charge in [0.25, 0.3) is 0 Å². The Morgan fingerprint density at radius 2 is 1.94 bits per heavy atom. The van der Waals surface area contributed by atoms with Crippen LogP contribution in [0.1, 0.15) is 38.9 Å². The Hall–Kier alpha value is -2.74. The van der Waals surface area contributed by atoms with E-state index in [0.717, 1.165) is 30.3 Å². The normalized spacial score (nSPS) is 19.0. The van der Waals surface area contributed by atoms with E-state index in [1.807, 2.05) is 39.8 Å². The van der Waals surface area contributed by atoms with E-state index < -0.39 is 0 Å². The molecule has 164 valence electrons. The number of benzene rings is 1. The number of furan rings is 1. The molecule has 3 heterocycles. The van der Waals surface area contributed by atoms with Crippen molar-refractivity contribution < 1.29 is 14.0 Å². The van der Waals surface area contributed by atoms with Crippen LogP contribution in [-0.4, -0.2) is 44.1 Å². The molecule has 0 bridgehead atoms. The Kier molecular flexibility index (Phi) is 6.65. The van der Waals surface area contributed by atoms with Gasteiger partial charge in [-0.25, -0.2) is 4.98 Å². The lowest BCUT2D eigenvalue weighted by Crippen LogP contribution is -2.48. The van der Waals surface area contributed by atoms with Crippen molar-refractivity contribution in [2.45, 2.75) is 63.4 Å². The van der Waals surface area contributed by atoms with E-state index in [1.165, 1.54) is 11.8 Å². The number of nitrogens with one attached hydrogen (secondary N) is 1. The van der Waals surface area contributed by atoms with Crippen molar-refractivity contribution >= 4 is 34.6 Å². The number of likely N-dealkylation sites (tertiary alicyclic amines) is 1. The second-order valence-electron chi connectivity index (χ2n) is 8.04. The first kappa shape index (κ1) is 21.5. The van der Waals surface area contributed by atoms with Gasteiger partial charge >= 0.3 is 0 Å². The number of piperidine rings is 1. The van der Waals surface area contributed by atoms with E-state index in [2.05, 4.69) is 24.1 Å². The molecule has 2 unspecified atom stereocenters. The summed E-state index contributed by atoms with van der Waals surface area (Å²) in [6.45, 7) is 4.83. The van der Waals surface area contributed by atoms with Gasteiger partial charge in [0.15, 0.2) is 5.16 Å². The van der Waals surface area contributed by atoms with Gasteiger partial charge in [-0.3, -0.25) is 9.59 Å². The Labute approximate surface area is 186 Å². The Bertz CT molecular complexity index is 1040. The Morgan fingerprint density at radius 3 is 2.68 bits per heavy atom. The summed E-state index contributed by atoms with van der Waals surface area (Å²) < 4.78 is 7.18. The van der Waals surface area contributed by atoms with Crippen molar-refractivity contribution in [3.63, 3.8) is 0 Å². The molecule has 7 nitrogen and oxygen atoms in total. The topological polar surface area (TPSA) is 80.4 Å². The van der Waals surface area contributed by atoms with Crippen molar-refractivity contribution in [1.29, 1.82) is 0 Å². The molecule has 2 aromatic heterocycles. The monoisotopic (exact) mass is 440 g/mol. The minimum absolute atomic E-state index is 0.104. The molecule has 1 saturated heterocycles. The van der Waals surface area contributed by atoms with Crippen LogP contribution < -0.4 is 5.32 Å². The minimum atomic E-state index is -0.107. The molecular weight excluding hydrogens is 412 g/mol. The fraction of sp³-hybridized carbons (Fsp3) is 0.435. The van der Waals surface area contributed by atoms with Gasteiger partial charge in [0, 0.05) is 12.1 Å². The largest absolute Gasteiger partial charge is 0.467 e. The number of nitrogens with zero attached hydrogens (tertiary/aromatic N) is 3. The minimum Gasteiger partial charge on any atom is -0.467 e. The predicted molar refractivity (Wildman–Crippen MR) is 121 cm³/mol. The molecule has 1 aliphatic rings. The summed E-state index contributed by atoms with van der Waals surface area (Å²) in [6, 6.07) is 11.9. The van der Waals surface area contributed by atoms with Crippen LogP contribution in [0.25, 0.3) is 11.0 Å². The van der Waals surface area contributed by atoms with E-state index in [4.69, 9.17) is 4.42 Å². The predicted octanol–water partition coefficient (Wildman–Crippen LogP) is 3.83. The van der Waals surface area contributed by atoms with E-state index in [1.54, 1.807) is 12.3 Å². The molecule has 31 heavy (non-hydrogen) atoms. The fourth-order valence-corrected chi connectivity index (χ4v) is 5.07. The second-order valence-corrected chi connectivity index (χ2v) is 8.99. The highest BCUT2D eigenvalue weighted by molar-refractivity contribution is 7.99. The zero-order valence-corrected chi connectivity index (χ0v) is 18.7. The lowest BCUT2D eigenvalue weighted by Gasteiger charge is -2.39. The van der Waals surface area contributed by atoms with Crippen LogP contribution in [0.3, 0.4) is 0 Å². The zero-order valence-electron chi connectivity index (χ0n) is 17.9. The van der Waals surface area contributed by atoms with Gasteiger partial charge in [0.1, 0.15) is 12.3 Å². The van der Waals surface area contributed by atoms with Crippen molar-refractivity contribution in [3.05, 3.63) is 48.4 Å². The van der Waals surface area contributed by atoms with Gasteiger partial charge < -0.3 is 19.2 Å². The fourth-order valence-electron chi connectivity index (χ4n) is 4.23. The summed E-state index contributed by atoms with van der Waals surface area (Å²) in [5.41, 5.74) is 1.74. The molecule has 0 saturated carbocycles. The van der Waals surface area contributed by atoms with Gasteiger partial charge in [-0.1, -0.05) is 23.9 Å². The third-order valence-electron chi connectivity index (χ3n) is 5.77. The molecule has 1 aromatic carbocycles. The summed E-state index contributed by atoms with van der Waals surface area (Å²) >= 11 is 1.35. The van der Waals surface area contributed by atoms with Crippen LogP contribution in [0.15, 0.2) is 52.2 Å². The number of imidazole rings is 1. The van der Waals surface area contributed by atoms with E-state index in [9.17, 15) is 9.59 Å². The number of hydrogen-bond donors (Lipinski definition) is 1. The smallest absolute Gasteiger partial charge is 0.243 e. The number of aromatic nitrogens is 2. The average molecular weight is 441 g/mol. The van der Waals surface area contributed by atoms with Crippen LogP contribution in [0, 0.1) is 0 Å². The number of hydrogen-bond acceptors (Lipinski definition) is 5. The summed E-state index contributed by atoms with van der Waals surface area (Å²) in [5, 5.41) is 3.53. The maximum Gasteiger partial charge on any atom is 0.243 e. The first-order valence-corrected chi connectivity index (χ1v) is 11.7. The highest BCUT2D eigenvalue weighted by Gasteiger charge is 2.29. The van der Waals surface area contributed by atoms with Gasteiger partial charge in [-0.2, -0.15) is 0 Å². The third-order valence-corrected chi connectivity index (χ3v) is 6.74. The van der Waals surface area contributed by atoms with Gasteiger partial charge in [0.2, 0.25) is 11.8 Å². The summed E-state index contributed by atoms with van der Waals surface area (Å²) in [7, 11) is 0. The molecular formula is C23H28N4O3S. The molecule has 8 heteroatoms. The molecule has 3 aromatic rings. The molecule has 0 aliphatic carbocycles. The number of amides is 2. The molecule has 1 fully saturated rings. The Balaban J connectivity index is 1.47. The molecule has 1 aliphatic heterocycles. The summed E-state index contributed by atoms with van der Waals surface area (Å²) in [6.07, 6.45) is 4.82. The number of para-hydroxylation sites is 2. The van der Waals surface area contributed by atoms with Crippen LogP contribution in [0.4, 0.5) is 0 Å². The maximum atomic E-state index is 13.2. The molecule has 1 N–H and O–H groups in total. The van der Waals surface area contributed by atoms with Gasteiger partial charge in [0.05, 0.1) is 29.6 Å². The van der Waals surface area contributed by atoms with E-state index >= 15 is 0 Å². The number of carbonyl (C=O) groups is 2. The quantitative estimate of drug-likeness (QED) is 0.565. The number of thioether (sulfide) groups is 1. The van der Waals surface area contributed by atoms with Crippen molar-refractivity contribution in [2.75, 3.05) is 5.75 Å². The Morgan fingerprint density at radius 1 is 1.16 bits per heavy atom. The lowest BCUT2D eigenvalue weighted by atomic mass is 9.97. The molecule has 4 rings (SSSR count). The van der Waals surface area contributed by atoms with Crippen LogP contribution >= 0.6 is 11.8 Å². The average Bonchev–Trinajstić information content (AvgIpc) is 3.39. The summed E-state index contributed by atoms with van der Waals surface area (Å²) in [5.74, 6) is 0.923. The second kappa shape index (κ2) is 9.60. The van der Waals surface area contributed by atoms with Crippen LogP contribution in [0.5, 0.6) is 0 Å². The van der Waals surface area contributed by atoms with Crippen molar-refractivity contribution in [1.82, 2.24) is 19.8 Å². The molecule has 2 atom stereocenters. The molecule has 0 radical (unpaired) electrons. The SMILES string of the molecule is CC1CCCC(C)N1C(=O)Cn1c(SCC(=O)NCc2ccco2)nc2ccccc21. The highest BCUT2D eigenvalue weighted by atomic mass is 32.2. The van der Waals surface area contributed by atoms with Crippen LogP contribution in [-0.2, 0) is 22.7 Å². The van der Waals surface area contributed by atoms with Gasteiger partial charge in [-0.15, -0.1) is 0 Å².